The van der Waals surface area contributed by atoms with Crippen molar-refractivity contribution in [3.05, 3.63) is 137 Å². The topological polar surface area (TPSA) is 67.2 Å². The Balaban J connectivity index is 1.30. The van der Waals surface area contributed by atoms with Gasteiger partial charge < -0.3 is 14.8 Å². The van der Waals surface area contributed by atoms with E-state index in [1.165, 1.54) is 11.1 Å². The van der Waals surface area contributed by atoms with Gasteiger partial charge in [-0.25, -0.2) is 0 Å². The molecule has 0 unspecified atom stereocenters. The number of hydrogen-bond acceptors (Lipinski definition) is 4. The van der Waals surface area contributed by atoms with Crippen LogP contribution in [0.15, 0.2) is 103 Å². The van der Waals surface area contributed by atoms with E-state index in [0.29, 0.717) is 24.3 Å². The van der Waals surface area contributed by atoms with Gasteiger partial charge in [-0.3, -0.25) is 14.6 Å². The van der Waals surface area contributed by atoms with Crippen LogP contribution < -0.4 is 10.2 Å². The minimum atomic E-state index is -0.0624. The number of aromatic nitrogens is 2. The molecule has 6 heteroatoms. The number of hydrogen-bond donors (Lipinski definition) is 1. The van der Waals surface area contributed by atoms with Crippen molar-refractivity contribution < 1.29 is 9.59 Å². The van der Waals surface area contributed by atoms with Gasteiger partial charge >= 0.3 is 0 Å². The first-order chi connectivity index (χ1) is 19.5. The number of fused-ring (bicyclic) bond motifs is 2. The highest BCUT2D eigenvalue weighted by Crippen LogP contribution is 2.32. The van der Waals surface area contributed by atoms with Crippen LogP contribution in [0.25, 0.3) is 11.1 Å². The quantitative estimate of drug-likeness (QED) is 0.251. The molecular formula is C34H30N4O2. The molecule has 1 amide bonds. The molecule has 198 valence electrons. The number of nitrogens with zero attached hydrogens (tertiary/aromatic N) is 3. The monoisotopic (exact) mass is 526 g/mol. The summed E-state index contributed by atoms with van der Waals surface area (Å²) in [5.41, 5.74) is 9.39. The molecular weight excluding hydrogens is 496 g/mol. The zero-order chi connectivity index (χ0) is 27.6. The summed E-state index contributed by atoms with van der Waals surface area (Å²) in [6.07, 6.45) is 3.39. The minimum absolute atomic E-state index is 0.0187. The average Bonchev–Trinajstić information content (AvgIpc) is 3.29. The Hall–Kier alpha value is -4.97. The van der Waals surface area contributed by atoms with Gasteiger partial charge in [-0.1, -0.05) is 48.5 Å². The number of aryl methyl sites for hydroxylation is 2. The number of carbonyl (C=O) groups excluding carboxylic acids is 2. The molecule has 6 nitrogen and oxygen atoms in total. The van der Waals surface area contributed by atoms with Gasteiger partial charge in [0.2, 0.25) is 0 Å². The number of pyridine rings is 1. The Morgan fingerprint density at radius 1 is 0.825 bits per heavy atom. The molecule has 0 saturated heterocycles. The normalized spacial score (nSPS) is 12.3. The maximum absolute atomic E-state index is 14.0. The number of amides is 1. The highest BCUT2D eigenvalue weighted by Gasteiger charge is 2.27. The van der Waals surface area contributed by atoms with Gasteiger partial charge in [0.05, 0.1) is 31.0 Å². The number of para-hydroxylation sites is 1. The van der Waals surface area contributed by atoms with Crippen LogP contribution in [-0.4, -0.2) is 27.8 Å². The molecule has 0 saturated carbocycles. The van der Waals surface area contributed by atoms with Crippen LogP contribution in [0.5, 0.6) is 0 Å². The summed E-state index contributed by atoms with van der Waals surface area (Å²) in [4.78, 5) is 33.2. The maximum Gasteiger partial charge on any atom is 0.258 e. The van der Waals surface area contributed by atoms with Crippen LogP contribution in [0.1, 0.15) is 43.2 Å². The van der Waals surface area contributed by atoms with Gasteiger partial charge in [0.15, 0.2) is 5.78 Å². The molecule has 1 aliphatic rings. The molecule has 3 heterocycles. The van der Waals surface area contributed by atoms with E-state index in [2.05, 4.69) is 36.3 Å². The van der Waals surface area contributed by atoms with Gasteiger partial charge in [0.25, 0.3) is 5.91 Å². The van der Waals surface area contributed by atoms with Crippen LogP contribution in [0.3, 0.4) is 0 Å². The summed E-state index contributed by atoms with van der Waals surface area (Å²) in [6, 6.07) is 29.7. The molecule has 1 N–H and O–H groups in total. The van der Waals surface area contributed by atoms with Gasteiger partial charge in [-0.05, 0) is 84.1 Å². The Bertz CT molecular complexity index is 1720. The standard InChI is InChI=1S/C34H30N4O2/c1-23-8-3-5-11-29(23)30-15-13-25(18-24(30)2)34(40)38-22-28-14-16-32(33(39)20-36-27-10-7-17-35-19-27)37(28)21-26-9-4-6-12-31(26)38/h3-19,36H,20-22H2,1-2H3. The van der Waals surface area contributed by atoms with E-state index >= 15 is 0 Å². The van der Waals surface area contributed by atoms with E-state index in [9.17, 15) is 9.59 Å². The van der Waals surface area contributed by atoms with E-state index < -0.39 is 0 Å². The van der Waals surface area contributed by atoms with Crippen molar-refractivity contribution in [3.63, 3.8) is 0 Å². The van der Waals surface area contributed by atoms with Gasteiger partial charge in [0.1, 0.15) is 0 Å². The molecule has 0 fully saturated rings. The number of ketones is 1. The zero-order valence-electron chi connectivity index (χ0n) is 22.6. The number of nitrogens with one attached hydrogen (secondary N) is 1. The summed E-state index contributed by atoms with van der Waals surface area (Å²) in [5.74, 6) is -0.0811. The number of Topliss-reactive ketones (excluding diaryl/α,β-unsaturated/α-hetero) is 1. The third-order valence-electron chi connectivity index (χ3n) is 7.56. The van der Waals surface area contributed by atoms with Crippen molar-refractivity contribution >= 4 is 23.1 Å². The van der Waals surface area contributed by atoms with Crippen molar-refractivity contribution in [2.45, 2.75) is 26.9 Å². The predicted octanol–water partition coefficient (Wildman–Crippen LogP) is 6.67. The second-order valence-electron chi connectivity index (χ2n) is 10.2. The fourth-order valence-corrected chi connectivity index (χ4v) is 5.45. The lowest BCUT2D eigenvalue weighted by atomic mass is 9.95. The van der Waals surface area contributed by atoms with Gasteiger partial charge in [0, 0.05) is 29.3 Å². The molecule has 0 spiro atoms. The molecule has 0 aliphatic carbocycles. The summed E-state index contributed by atoms with van der Waals surface area (Å²) < 4.78 is 2.03. The van der Waals surface area contributed by atoms with Crippen LogP contribution >= 0.6 is 0 Å². The number of carbonyl (C=O) groups is 2. The lowest BCUT2D eigenvalue weighted by Gasteiger charge is -2.23. The van der Waals surface area contributed by atoms with E-state index in [0.717, 1.165) is 33.8 Å². The zero-order valence-corrected chi connectivity index (χ0v) is 22.6. The second kappa shape index (κ2) is 10.7. The van der Waals surface area contributed by atoms with Gasteiger partial charge in [-0.2, -0.15) is 0 Å². The Kier molecular flexibility index (Phi) is 6.74. The molecule has 1 aliphatic heterocycles. The van der Waals surface area contributed by atoms with Crippen molar-refractivity contribution in [1.82, 2.24) is 9.55 Å². The lowest BCUT2D eigenvalue weighted by molar-refractivity contribution is 0.0983. The number of anilines is 2. The Morgan fingerprint density at radius 2 is 1.62 bits per heavy atom. The minimum Gasteiger partial charge on any atom is -0.376 e. The van der Waals surface area contributed by atoms with Crippen molar-refractivity contribution in [2.24, 2.45) is 0 Å². The Morgan fingerprint density at radius 3 is 2.42 bits per heavy atom. The van der Waals surface area contributed by atoms with Crippen molar-refractivity contribution in [2.75, 3.05) is 16.8 Å². The molecule has 2 aromatic heterocycles. The van der Waals surface area contributed by atoms with Crippen molar-refractivity contribution in [1.29, 1.82) is 0 Å². The second-order valence-corrected chi connectivity index (χ2v) is 10.2. The smallest absolute Gasteiger partial charge is 0.258 e. The highest BCUT2D eigenvalue weighted by atomic mass is 16.2. The maximum atomic E-state index is 14.0. The van der Waals surface area contributed by atoms with Crippen LogP contribution in [0, 0.1) is 13.8 Å². The van der Waals surface area contributed by atoms with E-state index in [1.807, 2.05) is 88.3 Å². The first kappa shape index (κ1) is 25.3. The predicted molar refractivity (Wildman–Crippen MR) is 159 cm³/mol. The van der Waals surface area contributed by atoms with E-state index in [-0.39, 0.29) is 18.2 Å². The molecule has 40 heavy (non-hydrogen) atoms. The first-order valence-electron chi connectivity index (χ1n) is 13.4. The summed E-state index contributed by atoms with van der Waals surface area (Å²) in [7, 11) is 0. The largest absolute Gasteiger partial charge is 0.376 e. The molecule has 0 bridgehead atoms. The third-order valence-corrected chi connectivity index (χ3v) is 7.56. The fourth-order valence-electron chi connectivity index (χ4n) is 5.45. The molecule has 3 aromatic carbocycles. The summed E-state index contributed by atoms with van der Waals surface area (Å²) in [6.45, 7) is 5.20. The first-order valence-corrected chi connectivity index (χ1v) is 13.4. The van der Waals surface area contributed by atoms with Crippen LogP contribution in [-0.2, 0) is 13.1 Å². The lowest BCUT2D eigenvalue weighted by Crippen LogP contribution is -2.30. The third kappa shape index (κ3) is 4.80. The highest BCUT2D eigenvalue weighted by molar-refractivity contribution is 6.07. The fraction of sp³-hybridized carbons (Fsp3) is 0.147. The van der Waals surface area contributed by atoms with Crippen LogP contribution in [0.4, 0.5) is 11.4 Å². The number of benzene rings is 3. The molecule has 5 aromatic rings. The van der Waals surface area contributed by atoms with Crippen molar-refractivity contribution in [3.8, 4) is 11.1 Å². The summed E-state index contributed by atoms with van der Waals surface area (Å²) in [5, 5.41) is 3.16. The number of rotatable bonds is 6. The average molecular weight is 527 g/mol. The molecule has 0 radical (unpaired) electrons. The van der Waals surface area contributed by atoms with E-state index in [1.54, 1.807) is 12.4 Å². The Labute approximate surface area is 233 Å². The molecule has 0 atom stereocenters. The SMILES string of the molecule is Cc1ccccc1-c1ccc(C(=O)N2Cc3ccc(C(=O)CNc4cccnc4)n3Cc3ccccc32)cc1C. The molecule has 6 rings (SSSR count). The van der Waals surface area contributed by atoms with Gasteiger partial charge in [-0.15, -0.1) is 0 Å². The van der Waals surface area contributed by atoms with Crippen LogP contribution in [0.2, 0.25) is 0 Å². The summed E-state index contributed by atoms with van der Waals surface area (Å²) >= 11 is 0. The van der Waals surface area contributed by atoms with E-state index in [4.69, 9.17) is 0 Å².